The fourth-order valence-corrected chi connectivity index (χ4v) is 1.67. The van der Waals surface area contributed by atoms with E-state index in [1.54, 1.807) is 20.8 Å². The summed E-state index contributed by atoms with van der Waals surface area (Å²) >= 11 is 0. The van der Waals surface area contributed by atoms with Gasteiger partial charge in [-0.2, -0.15) is 0 Å². The van der Waals surface area contributed by atoms with Gasteiger partial charge in [0, 0.05) is 17.9 Å². The molecule has 1 N–H and O–H groups in total. The first kappa shape index (κ1) is 13.7. The van der Waals surface area contributed by atoms with Gasteiger partial charge in [0.1, 0.15) is 12.2 Å². The maximum atomic E-state index is 11.7. The molecular formula is C10H18N2O5. The summed E-state index contributed by atoms with van der Waals surface area (Å²) in [5.74, 6) is 0. The lowest BCUT2D eigenvalue weighted by atomic mass is 10.0. The third-order valence-corrected chi connectivity index (χ3v) is 2.67. The molecule has 0 bridgehead atoms. The lowest BCUT2D eigenvalue weighted by Gasteiger charge is -2.24. The predicted octanol–water partition coefficient (Wildman–Crippen LogP) is 0.635. The average Bonchev–Trinajstić information content (AvgIpc) is 2.60. The molecule has 0 aromatic carbocycles. The number of hydrogen-bond donors (Lipinski definition) is 1. The third-order valence-electron chi connectivity index (χ3n) is 2.67. The summed E-state index contributed by atoms with van der Waals surface area (Å²) in [6.07, 6.45) is -0.426. The Kier molecular flexibility index (Phi) is 3.61. The molecular weight excluding hydrogens is 228 g/mol. The summed E-state index contributed by atoms with van der Waals surface area (Å²) in [5.41, 5.74) is -2.06. The smallest absolute Gasteiger partial charge is 0.410 e. The first-order valence-electron chi connectivity index (χ1n) is 5.43. The summed E-state index contributed by atoms with van der Waals surface area (Å²) in [6.45, 7) is 4.75. The van der Waals surface area contributed by atoms with Crippen LogP contribution in [-0.4, -0.2) is 51.9 Å². The quantitative estimate of drug-likeness (QED) is 0.570. The first-order chi connectivity index (χ1) is 7.70. The number of ether oxygens (including phenoxy) is 1. The van der Waals surface area contributed by atoms with Crippen molar-refractivity contribution < 1.29 is 19.6 Å². The highest BCUT2D eigenvalue weighted by molar-refractivity contribution is 5.68. The van der Waals surface area contributed by atoms with Gasteiger partial charge >= 0.3 is 6.09 Å². The number of nitrogens with zero attached hydrogens (tertiary/aromatic N) is 2. The van der Waals surface area contributed by atoms with E-state index in [2.05, 4.69) is 0 Å². The van der Waals surface area contributed by atoms with Gasteiger partial charge in [-0.15, -0.1) is 0 Å². The van der Waals surface area contributed by atoms with E-state index in [9.17, 15) is 14.9 Å². The molecule has 0 spiro atoms. The van der Waals surface area contributed by atoms with Crippen molar-refractivity contribution in [3.05, 3.63) is 10.1 Å². The number of hydrogen-bond acceptors (Lipinski definition) is 5. The van der Waals surface area contributed by atoms with Gasteiger partial charge in [0.05, 0.1) is 6.54 Å². The molecule has 7 heteroatoms. The van der Waals surface area contributed by atoms with E-state index in [0.717, 1.165) is 0 Å². The number of aliphatic hydroxyl groups is 1. The Morgan fingerprint density at radius 3 is 2.53 bits per heavy atom. The van der Waals surface area contributed by atoms with E-state index >= 15 is 0 Å². The van der Waals surface area contributed by atoms with Crippen LogP contribution in [0.4, 0.5) is 4.79 Å². The lowest BCUT2D eigenvalue weighted by Crippen LogP contribution is -2.46. The van der Waals surface area contributed by atoms with Gasteiger partial charge < -0.3 is 14.7 Å². The van der Waals surface area contributed by atoms with Crippen molar-refractivity contribution >= 4 is 6.09 Å². The minimum absolute atomic E-state index is 0.106. The SMILES string of the molecule is CC(C)(C)OC(=O)N1CCC(CO)([N+](=O)[O-])C1. The molecule has 1 aliphatic heterocycles. The summed E-state index contributed by atoms with van der Waals surface area (Å²) in [7, 11) is 0. The van der Waals surface area contributed by atoms with Crippen LogP contribution < -0.4 is 0 Å². The molecule has 1 unspecified atom stereocenters. The zero-order chi connectivity index (χ0) is 13.3. The van der Waals surface area contributed by atoms with Crippen LogP contribution in [0.1, 0.15) is 27.2 Å². The van der Waals surface area contributed by atoms with E-state index in [1.807, 2.05) is 0 Å². The minimum Gasteiger partial charge on any atom is -0.444 e. The van der Waals surface area contributed by atoms with E-state index in [1.165, 1.54) is 4.90 Å². The zero-order valence-corrected chi connectivity index (χ0v) is 10.3. The van der Waals surface area contributed by atoms with Crippen LogP contribution in [-0.2, 0) is 4.74 Å². The van der Waals surface area contributed by atoms with Crippen molar-refractivity contribution in [2.45, 2.75) is 38.3 Å². The Morgan fingerprint density at radius 1 is 1.59 bits per heavy atom. The van der Waals surface area contributed by atoms with Crippen LogP contribution in [0.5, 0.6) is 0 Å². The highest BCUT2D eigenvalue weighted by atomic mass is 16.6. The third kappa shape index (κ3) is 3.06. The summed E-state index contributed by atoms with van der Waals surface area (Å²) in [5, 5.41) is 20.0. The van der Waals surface area contributed by atoms with E-state index in [0.29, 0.717) is 0 Å². The van der Waals surface area contributed by atoms with Gasteiger partial charge in [-0.1, -0.05) is 0 Å². The van der Waals surface area contributed by atoms with Crippen LogP contribution in [0.2, 0.25) is 0 Å². The molecule has 0 aromatic rings. The maximum absolute atomic E-state index is 11.7. The Hall–Kier alpha value is -1.37. The Balaban J connectivity index is 2.67. The van der Waals surface area contributed by atoms with Gasteiger partial charge in [-0.25, -0.2) is 4.79 Å². The number of carbonyl (C=O) groups is 1. The molecule has 1 rings (SSSR count). The first-order valence-corrected chi connectivity index (χ1v) is 5.43. The molecule has 0 aliphatic carbocycles. The minimum atomic E-state index is -1.43. The number of nitro groups is 1. The van der Waals surface area contributed by atoms with Crippen LogP contribution in [0, 0.1) is 10.1 Å². The topological polar surface area (TPSA) is 92.9 Å². The van der Waals surface area contributed by atoms with Crippen molar-refractivity contribution in [1.29, 1.82) is 0 Å². The van der Waals surface area contributed by atoms with Crippen LogP contribution in [0.25, 0.3) is 0 Å². The van der Waals surface area contributed by atoms with Crippen LogP contribution >= 0.6 is 0 Å². The van der Waals surface area contributed by atoms with E-state index < -0.39 is 28.8 Å². The number of rotatable bonds is 2. The van der Waals surface area contributed by atoms with Crippen molar-refractivity contribution in [3.8, 4) is 0 Å². The number of aliphatic hydroxyl groups excluding tert-OH is 1. The molecule has 1 saturated heterocycles. The average molecular weight is 246 g/mol. The van der Waals surface area contributed by atoms with Crippen LogP contribution in [0.15, 0.2) is 0 Å². The molecule has 98 valence electrons. The fourth-order valence-electron chi connectivity index (χ4n) is 1.67. The van der Waals surface area contributed by atoms with Gasteiger partial charge in [0.25, 0.3) is 5.54 Å². The molecule has 1 fully saturated rings. The summed E-state index contributed by atoms with van der Waals surface area (Å²) in [4.78, 5) is 23.3. The molecule has 1 heterocycles. The number of likely N-dealkylation sites (tertiary alicyclic amines) is 1. The van der Waals surface area contributed by atoms with Gasteiger partial charge in [0.2, 0.25) is 0 Å². The molecule has 1 amide bonds. The zero-order valence-electron chi connectivity index (χ0n) is 10.3. The Labute approximate surface area is 99.5 Å². The Bertz CT molecular complexity index is 325. The van der Waals surface area contributed by atoms with Gasteiger partial charge in [-0.3, -0.25) is 10.1 Å². The van der Waals surface area contributed by atoms with Crippen molar-refractivity contribution in [2.24, 2.45) is 0 Å². The predicted molar refractivity (Wildman–Crippen MR) is 59.2 cm³/mol. The van der Waals surface area contributed by atoms with Crippen molar-refractivity contribution in [2.75, 3.05) is 19.7 Å². The lowest BCUT2D eigenvalue weighted by molar-refractivity contribution is -0.568. The van der Waals surface area contributed by atoms with Crippen molar-refractivity contribution in [1.82, 2.24) is 4.90 Å². The highest BCUT2D eigenvalue weighted by Gasteiger charge is 2.50. The van der Waals surface area contributed by atoms with Crippen molar-refractivity contribution in [3.63, 3.8) is 0 Å². The molecule has 1 atom stereocenters. The highest BCUT2D eigenvalue weighted by Crippen LogP contribution is 2.25. The monoisotopic (exact) mass is 246 g/mol. The van der Waals surface area contributed by atoms with Gasteiger partial charge in [0.15, 0.2) is 0 Å². The van der Waals surface area contributed by atoms with E-state index in [-0.39, 0.29) is 19.5 Å². The maximum Gasteiger partial charge on any atom is 0.410 e. The molecule has 1 aliphatic rings. The fraction of sp³-hybridized carbons (Fsp3) is 0.900. The molecule has 17 heavy (non-hydrogen) atoms. The summed E-state index contributed by atoms with van der Waals surface area (Å²) in [6, 6.07) is 0. The van der Waals surface area contributed by atoms with Gasteiger partial charge in [-0.05, 0) is 20.8 Å². The number of carbonyl (C=O) groups excluding carboxylic acids is 1. The normalized spacial score (nSPS) is 24.8. The standard InChI is InChI=1S/C10H18N2O5/c1-9(2,3)17-8(14)11-5-4-10(6-11,7-13)12(15)16/h13H,4-7H2,1-3H3. The molecule has 7 nitrogen and oxygen atoms in total. The molecule has 0 aromatic heterocycles. The second kappa shape index (κ2) is 4.48. The molecule has 0 saturated carbocycles. The van der Waals surface area contributed by atoms with Crippen LogP contribution in [0.3, 0.4) is 0 Å². The molecule has 0 radical (unpaired) electrons. The number of amides is 1. The second-order valence-electron chi connectivity index (χ2n) is 5.29. The largest absolute Gasteiger partial charge is 0.444 e. The summed E-state index contributed by atoms with van der Waals surface area (Å²) < 4.78 is 5.12. The second-order valence-corrected chi connectivity index (χ2v) is 5.29. The van der Waals surface area contributed by atoms with E-state index in [4.69, 9.17) is 9.84 Å². The Morgan fingerprint density at radius 2 is 2.18 bits per heavy atom.